The van der Waals surface area contributed by atoms with E-state index < -0.39 is 0 Å². The lowest BCUT2D eigenvalue weighted by Gasteiger charge is -2.26. The van der Waals surface area contributed by atoms with E-state index in [4.69, 9.17) is 0 Å². The lowest BCUT2D eigenvalue weighted by atomic mass is 10.2. The highest BCUT2D eigenvalue weighted by Gasteiger charge is 2.34. The molecule has 1 amide bonds. The van der Waals surface area contributed by atoms with Crippen molar-refractivity contribution in [1.29, 1.82) is 0 Å². The van der Waals surface area contributed by atoms with E-state index in [2.05, 4.69) is 4.74 Å². The molecule has 0 aromatic rings. The van der Waals surface area contributed by atoms with Crippen LogP contribution in [-0.4, -0.2) is 36.5 Å². The number of hydrogen-bond acceptors (Lipinski definition) is 3. The van der Waals surface area contributed by atoms with Gasteiger partial charge in [0.15, 0.2) is 0 Å². The van der Waals surface area contributed by atoms with Crippen LogP contribution in [0.5, 0.6) is 0 Å². The Labute approximate surface area is 90.6 Å². The summed E-state index contributed by atoms with van der Waals surface area (Å²) in [7, 11) is 1.37. The van der Waals surface area contributed by atoms with E-state index >= 15 is 0 Å². The molecule has 1 rings (SSSR count). The molecule has 0 saturated heterocycles. The molecule has 0 atom stereocenters. The summed E-state index contributed by atoms with van der Waals surface area (Å²) < 4.78 is 4.56. The number of nitrogens with zero attached hydrogens (tertiary/aromatic N) is 1. The number of ether oxygens (including phenoxy) is 1. The summed E-state index contributed by atoms with van der Waals surface area (Å²) in [5, 5.41) is 0. The van der Waals surface area contributed by atoms with E-state index in [1.54, 1.807) is 4.90 Å². The van der Waals surface area contributed by atoms with Crippen LogP contribution in [-0.2, 0) is 14.3 Å². The zero-order valence-electron chi connectivity index (χ0n) is 9.66. The highest BCUT2D eigenvalue weighted by Crippen LogP contribution is 2.31. The average Bonchev–Trinajstić information content (AvgIpc) is 3.00. The third kappa shape index (κ3) is 3.53. The van der Waals surface area contributed by atoms with Crippen LogP contribution in [0, 0.1) is 5.92 Å². The fourth-order valence-electron chi connectivity index (χ4n) is 1.50. The number of methoxy groups -OCH3 is 1. The predicted octanol–water partition coefficient (Wildman–Crippen LogP) is 1.20. The van der Waals surface area contributed by atoms with E-state index in [9.17, 15) is 9.59 Å². The van der Waals surface area contributed by atoms with Gasteiger partial charge in [-0.25, -0.2) is 0 Å². The highest BCUT2D eigenvalue weighted by molar-refractivity contribution is 5.81. The first-order chi connectivity index (χ1) is 7.06. The largest absolute Gasteiger partial charge is 0.469 e. The van der Waals surface area contributed by atoms with Crippen LogP contribution in [0.1, 0.15) is 33.1 Å². The molecule has 86 valence electrons. The summed E-state index contributed by atoms with van der Waals surface area (Å²) in [6, 6.07) is 0.155. The first-order valence-corrected chi connectivity index (χ1v) is 5.43. The Morgan fingerprint density at radius 2 is 2.00 bits per heavy atom. The SMILES string of the molecule is COC(=O)CCN(C(=O)C1CC1)C(C)C. The number of carbonyl (C=O) groups excluding carboxylic acids is 2. The summed E-state index contributed by atoms with van der Waals surface area (Å²) in [6.07, 6.45) is 2.29. The number of carbonyl (C=O) groups is 2. The van der Waals surface area contributed by atoms with Crippen LogP contribution >= 0.6 is 0 Å². The number of amides is 1. The van der Waals surface area contributed by atoms with E-state index in [1.165, 1.54) is 7.11 Å². The first-order valence-electron chi connectivity index (χ1n) is 5.43. The minimum atomic E-state index is -0.260. The normalized spacial score (nSPS) is 15.2. The van der Waals surface area contributed by atoms with Crippen molar-refractivity contribution < 1.29 is 14.3 Å². The summed E-state index contributed by atoms with van der Waals surface area (Å²) in [4.78, 5) is 24.6. The summed E-state index contributed by atoms with van der Waals surface area (Å²) >= 11 is 0. The van der Waals surface area contributed by atoms with Gasteiger partial charge in [-0.3, -0.25) is 9.59 Å². The van der Waals surface area contributed by atoms with Crippen LogP contribution in [0.4, 0.5) is 0 Å². The quantitative estimate of drug-likeness (QED) is 0.645. The van der Waals surface area contributed by atoms with Gasteiger partial charge < -0.3 is 9.64 Å². The van der Waals surface area contributed by atoms with Crippen molar-refractivity contribution in [2.45, 2.75) is 39.2 Å². The molecule has 1 saturated carbocycles. The monoisotopic (exact) mass is 213 g/mol. The molecule has 4 nitrogen and oxygen atoms in total. The maximum atomic E-state index is 11.8. The molecule has 0 radical (unpaired) electrons. The van der Waals surface area contributed by atoms with Gasteiger partial charge in [-0.15, -0.1) is 0 Å². The van der Waals surface area contributed by atoms with Gasteiger partial charge in [0.05, 0.1) is 13.5 Å². The van der Waals surface area contributed by atoms with Crippen LogP contribution in [0.15, 0.2) is 0 Å². The second-order valence-corrected chi connectivity index (χ2v) is 4.23. The third-order valence-electron chi connectivity index (χ3n) is 2.62. The number of hydrogen-bond donors (Lipinski definition) is 0. The molecule has 4 heteroatoms. The van der Waals surface area contributed by atoms with Crippen molar-refractivity contribution in [3.05, 3.63) is 0 Å². The Morgan fingerprint density at radius 3 is 2.40 bits per heavy atom. The van der Waals surface area contributed by atoms with Crippen molar-refractivity contribution in [3.8, 4) is 0 Å². The molecule has 1 fully saturated rings. The van der Waals surface area contributed by atoms with Crippen molar-refractivity contribution >= 4 is 11.9 Å². The molecule has 0 N–H and O–H groups in total. The number of rotatable bonds is 5. The first kappa shape index (κ1) is 12.0. The lowest BCUT2D eigenvalue weighted by molar-refractivity contribution is -0.142. The molecule has 1 aliphatic rings. The van der Waals surface area contributed by atoms with Crippen LogP contribution in [0.2, 0.25) is 0 Å². The Balaban J connectivity index is 2.43. The third-order valence-corrected chi connectivity index (χ3v) is 2.62. The van der Waals surface area contributed by atoms with Crippen LogP contribution < -0.4 is 0 Å². The van der Waals surface area contributed by atoms with Gasteiger partial charge >= 0.3 is 5.97 Å². The van der Waals surface area contributed by atoms with Gasteiger partial charge in [0.25, 0.3) is 0 Å². The number of esters is 1. The van der Waals surface area contributed by atoms with E-state index in [-0.39, 0.29) is 30.3 Å². The minimum absolute atomic E-state index is 0.155. The van der Waals surface area contributed by atoms with Gasteiger partial charge in [0.1, 0.15) is 0 Å². The van der Waals surface area contributed by atoms with Crippen molar-refractivity contribution in [2.75, 3.05) is 13.7 Å². The molecule has 0 unspecified atom stereocenters. The van der Waals surface area contributed by atoms with Crippen molar-refractivity contribution in [3.63, 3.8) is 0 Å². The molecule has 0 aromatic carbocycles. The molecular weight excluding hydrogens is 194 g/mol. The molecule has 0 spiro atoms. The maximum absolute atomic E-state index is 11.8. The second kappa shape index (κ2) is 5.14. The zero-order valence-corrected chi connectivity index (χ0v) is 9.66. The lowest BCUT2D eigenvalue weighted by Crippen LogP contribution is -2.39. The topological polar surface area (TPSA) is 46.6 Å². The van der Waals surface area contributed by atoms with E-state index in [0.29, 0.717) is 6.54 Å². The summed E-state index contributed by atoms with van der Waals surface area (Å²) in [5.74, 6) is 0.142. The standard InChI is InChI=1S/C11H19NO3/c1-8(2)12(7-6-10(13)15-3)11(14)9-4-5-9/h8-9H,4-7H2,1-3H3. The zero-order chi connectivity index (χ0) is 11.4. The molecule has 0 heterocycles. The van der Waals surface area contributed by atoms with Gasteiger partial charge in [0, 0.05) is 18.5 Å². The van der Waals surface area contributed by atoms with Crippen molar-refractivity contribution in [1.82, 2.24) is 4.90 Å². The molecule has 0 aromatic heterocycles. The second-order valence-electron chi connectivity index (χ2n) is 4.23. The highest BCUT2D eigenvalue weighted by atomic mass is 16.5. The molecular formula is C11H19NO3. The smallest absolute Gasteiger partial charge is 0.307 e. The summed E-state index contributed by atoms with van der Waals surface area (Å²) in [5.41, 5.74) is 0. The Kier molecular flexibility index (Phi) is 4.12. The Morgan fingerprint density at radius 1 is 1.40 bits per heavy atom. The Hall–Kier alpha value is -1.06. The fourth-order valence-corrected chi connectivity index (χ4v) is 1.50. The molecule has 0 bridgehead atoms. The van der Waals surface area contributed by atoms with E-state index in [0.717, 1.165) is 12.8 Å². The van der Waals surface area contributed by atoms with Gasteiger partial charge in [-0.1, -0.05) is 0 Å². The molecule has 0 aliphatic heterocycles. The fraction of sp³-hybridized carbons (Fsp3) is 0.818. The van der Waals surface area contributed by atoms with Crippen molar-refractivity contribution in [2.24, 2.45) is 5.92 Å². The Bertz CT molecular complexity index is 246. The van der Waals surface area contributed by atoms with Crippen LogP contribution in [0.3, 0.4) is 0 Å². The van der Waals surface area contributed by atoms with Gasteiger partial charge in [-0.05, 0) is 26.7 Å². The van der Waals surface area contributed by atoms with Crippen LogP contribution in [0.25, 0.3) is 0 Å². The predicted molar refractivity (Wildman–Crippen MR) is 56.2 cm³/mol. The van der Waals surface area contributed by atoms with Gasteiger partial charge in [-0.2, -0.15) is 0 Å². The van der Waals surface area contributed by atoms with E-state index in [1.807, 2.05) is 13.8 Å². The molecule has 15 heavy (non-hydrogen) atoms. The molecule has 1 aliphatic carbocycles. The maximum Gasteiger partial charge on any atom is 0.307 e. The average molecular weight is 213 g/mol. The minimum Gasteiger partial charge on any atom is -0.469 e. The summed E-state index contributed by atoms with van der Waals surface area (Å²) in [6.45, 7) is 4.41. The van der Waals surface area contributed by atoms with Gasteiger partial charge in [0.2, 0.25) is 5.91 Å².